The Morgan fingerprint density at radius 1 is 1.30 bits per heavy atom. The van der Waals surface area contributed by atoms with Gasteiger partial charge in [-0.2, -0.15) is 0 Å². The fourth-order valence-electron chi connectivity index (χ4n) is 3.02. The van der Waals surface area contributed by atoms with Gasteiger partial charge in [-0.25, -0.2) is 0 Å². The van der Waals surface area contributed by atoms with Gasteiger partial charge in [0.05, 0.1) is 31.5 Å². The summed E-state index contributed by atoms with van der Waals surface area (Å²) in [6, 6.07) is 3.80. The molecule has 1 amide bonds. The Balaban J connectivity index is 2.06. The first kappa shape index (κ1) is 17.7. The molecule has 1 aromatic rings. The third-order valence-electron chi connectivity index (χ3n) is 4.32. The first-order chi connectivity index (χ1) is 11.1. The van der Waals surface area contributed by atoms with Gasteiger partial charge in [-0.3, -0.25) is 4.79 Å². The average Bonchev–Trinajstić information content (AvgIpc) is 2.59. The van der Waals surface area contributed by atoms with Crippen molar-refractivity contribution in [3.05, 3.63) is 17.2 Å². The monoisotopic (exact) mass is 340 g/mol. The van der Waals surface area contributed by atoms with E-state index >= 15 is 0 Å². The molecule has 128 valence electrons. The molecule has 0 aliphatic carbocycles. The summed E-state index contributed by atoms with van der Waals surface area (Å²) >= 11 is 6.09. The Morgan fingerprint density at radius 3 is 2.70 bits per heavy atom. The first-order valence-electron chi connectivity index (χ1n) is 8.05. The molecular weight excluding hydrogens is 316 g/mol. The quantitative estimate of drug-likeness (QED) is 0.860. The number of halogens is 1. The highest BCUT2D eigenvalue weighted by Gasteiger charge is 2.25. The van der Waals surface area contributed by atoms with Crippen LogP contribution in [-0.2, 0) is 4.79 Å². The SMILES string of the molecule is CCC1CCCCN1C(=O)CNc1cc(OC)c(Cl)cc1OC. The maximum Gasteiger partial charge on any atom is 0.242 e. The van der Waals surface area contributed by atoms with E-state index in [9.17, 15) is 4.79 Å². The zero-order valence-corrected chi connectivity index (χ0v) is 14.8. The van der Waals surface area contributed by atoms with E-state index in [-0.39, 0.29) is 12.5 Å². The lowest BCUT2D eigenvalue weighted by Gasteiger charge is -2.35. The number of piperidine rings is 1. The summed E-state index contributed by atoms with van der Waals surface area (Å²) < 4.78 is 10.5. The van der Waals surface area contributed by atoms with Crippen molar-refractivity contribution >= 4 is 23.2 Å². The van der Waals surface area contributed by atoms with E-state index < -0.39 is 0 Å². The molecule has 1 N–H and O–H groups in total. The summed E-state index contributed by atoms with van der Waals surface area (Å²) in [6.07, 6.45) is 4.39. The van der Waals surface area contributed by atoms with Crippen molar-refractivity contribution in [2.24, 2.45) is 0 Å². The highest BCUT2D eigenvalue weighted by Crippen LogP contribution is 2.35. The highest BCUT2D eigenvalue weighted by molar-refractivity contribution is 6.32. The molecule has 0 spiro atoms. The van der Waals surface area contributed by atoms with Crippen molar-refractivity contribution in [2.45, 2.75) is 38.6 Å². The molecule has 1 fully saturated rings. The van der Waals surface area contributed by atoms with Gasteiger partial charge in [0.25, 0.3) is 0 Å². The van der Waals surface area contributed by atoms with Crippen LogP contribution in [0.5, 0.6) is 11.5 Å². The normalized spacial score (nSPS) is 17.7. The van der Waals surface area contributed by atoms with Crippen molar-refractivity contribution in [3.63, 3.8) is 0 Å². The van der Waals surface area contributed by atoms with E-state index in [4.69, 9.17) is 21.1 Å². The Bertz CT molecular complexity index is 551. The molecule has 1 aliphatic rings. The molecule has 0 saturated carbocycles. The van der Waals surface area contributed by atoms with E-state index in [1.165, 1.54) is 6.42 Å². The lowest BCUT2D eigenvalue weighted by molar-refractivity contribution is -0.133. The molecule has 5 nitrogen and oxygen atoms in total. The van der Waals surface area contributed by atoms with Crippen LogP contribution < -0.4 is 14.8 Å². The summed E-state index contributed by atoms with van der Waals surface area (Å²) in [5, 5.41) is 3.63. The molecule has 0 aromatic heterocycles. The van der Waals surface area contributed by atoms with E-state index in [2.05, 4.69) is 12.2 Å². The van der Waals surface area contributed by atoms with Crippen LogP contribution in [0.15, 0.2) is 12.1 Å². The van der Waals surface area contributed by atoms with Gasteiger partial charge < -0.3 is 19.7 Å². The number of carbonyl (C=O) groups excluding carboxylic acids is 1. The van der Waals surface area contributed by atoms with Gasteiger partial charge in [0.15, 0.2) is 0 Å². The van der Waals surface area contributed by atoms with Crippen LogP contribution in [0, 0.1) is 0 Å². The summed E-state index contributed by atoms with van der Waals surface area (Å²) in [6.45, 7) is 3.22. The Hall–Kier alpha value is -1.62. The van der Waals surface area contributed by atoms with Gasteiger partial charge in [0.2, 0.25) is 5.91 Å². The largest absolute Gasteiger partial charge is 0.495 e. The lowest BCUT2D eigenvalue weighted by atomic mass is 10.00. The number of hydrogen-bond donors (Lipinski definition) is 1. The van der Waals surface area contributed by atoms with Gasteiger partial charge >= 0.3 is 0 Å². The van der Waals surface area contributed by atoms with Crippen LogP contribution in [0.25, 0.3) is 0 Å². The van der Waals surface area contributed by atoms with E-state index in [1.54, 1.807) is 26.4 Å². The van der Waals surface area contributed by atoms with Crippen LogP contribution in [-0.4, -0.2) is 44.2 Å². The van der Waals surface area contributed by atoms with Crippen LogP contribution in [0.1, 0.15) is 32.6 Å². The van der Waals surface area contributed by atoms with Crippen LogP contribution in [0.3, 0.4) is 0 Å². The molecule has 1 aromatic carbocycles. The minimum absolute atomic E-state index is 0.118. The molecular formula is C17H25ClN2O3. The second-order valence-electron chi connectivity index (χ2n) is 5.69. The predicted octanol–water partition coefficient (Wildman–Crippen LogP) is 3.56. The van der Waals surface area contributed by atoms with Gasteiger partial charge in [-0.05, 0) is 25.7 Å². The molecule has 23 heavy (non-hydrogen) atoms. The van der Waals surface area contributed by atoms with E-state index in [0.29, 0.717) is 28.3 Å². The molecule has 1 aliphatic heterocycles. The molecule has 0 radical (unpaired) electrons. The summed E-state index contributed by atoms with van der Waals surface area (Å²) in [7, 11) is 3.13. The molecule has 1 heterocycles. The van der Waals surface area contributed by atoms with Crippen molar-refractivity contribution in [2.75, 3.05) is 32.6 Å². The molecule has 1 unspecified atom stereocenters. The number of likely N-dealkylation sites (tertiary alicyclic amines) is 1. The van der Waals surface area contributed by atoms with Crippen LogP contribution in [0.2, 0.25) is 5.02 Å². The number of nitrogens with one attached hydrogen (secondary N) is 1. The Kier molecular flexibility index (Phi) is 6.39. The second kappa shape index (κ2) is 8.29. The number of amides is 1. The van der Waals surface area contributed by atoms with Crippen molar-refractivity contribution in [3.8, 4) is 11.5 Å². The van der Waals surface area contributed by atoms with Gasteiger partial charge in [0, 0.05) is 24.7 Å². The third-order valence-corrected chi connectivity index (χ3v) is 4.62. The molecule has 6 heteroatoms. The van der Waals surface area contributed by atoms with E-state index in [0.717, 1.165) is 25.8 Å². The molecule has 1 saturated heterocycles. The fraction of sp³-hybridized carbons (Fsp3) is 0.588. The maximum absolute atomic E-state index is 12.5. The van der Waals surface area contributed by atoms with E-state index in [1.807, 2.05) is 4.90 Å². The van der Waals surface area contributed by atoms with Gasteiger partial charge in [-0.1, -0.05) is 18.5 Å². The number of carbonyl (C=O) groups is 1. The number of rotatable bonds is 6. The van der Waals surface area contributed by atoms with Gasteiger partial charge in [-0.15, -0.1) is 0 Å². The summed E-state index contributed by atoms with van der Waals surface area (Å²) in [4.78, 5) is 14.5. The fourth-order valence-corrected chi connectivity index (χ4v) is 3.26. The second-order valence-corrected chi connectivity index (χ2v) is 6.09. The number of hydrogen-bond acceptors (Lipinski definition) is 4. The number of benzene rings is 1. The smallest absolute Gasteiger partial charge is 0.242 e. The number of methoxy groups -OCH3 is 2. The zero-order chi connectivity index (χ0) is 16.8. The number of nitrogens with zero attached hydrogens (tertiary/aromatic N) is 1. The standard InChI is InChI=1S/C17H25ClN2O3/c1-4-12-7-5-6-8-20(12)17(21)11-19-14-10-15(22-2)13(18)9-16(14)23-3/h9-10,12,19H,4-8,11H2,1-3H3. The molecule has 0 bridgehead atoms. The van der Waals surface area contributed by atoms with Crippen LogP contribution in [0.4, 0.5) is 5.69 Å². The van der Waals surface area contributed by atoms with Crippen molar-refractivity contribution < 1.29 is 14.3 Å². The first-order valence-corrected chi connectivity index (χ1v) is 8.43. The maximum atomic E-state index is 12.5. The summed E-state index contributed by atoms with van der Waals surface area (Å²) in [5.41, 5.74) is 0.701. The van der Waals surface area contributed by atoms with Crippen LogP contribution >= 0.6 is 11.6 Å². The average molecular weight is 341 g/mol. The zero-order valence-electron chi connectivity index (χ0n) is 14.0. The molecule has 2 rings (SSSR count). The number of ether oxygens (including phenoxy) is 2. The summed E-state index contributed by atoms with van der Waals surface area (Å²) in [5.74, 6) is 1.26. The van der Waals surface area contributed by atoms with Crippen molar-refractivity contribution in [1.82, 2.24) is 4.90 Å². The third kappa shape index (κ3) is 4.22. The minimum Gasteiger partial charge on any atom is -0.495 e. The Morgan fingerprint density at radius 2 is 2.04 bits per heavy atom. The molecule has 1 atom stereocenters. The number of anilines is 1. The minimum atomic E-state index is 0.118. The highest BCUT2D eigenvalue weighted by atomic mass is 35.5. The van der Waals surface area contributed by atoms with Crippen molar-refractivity contribution in [1.29, 1.82) is 0 Å². The topological polar surface area (TPSA) is 50.8 Å². The Labute approximate surface area is 142 Å². The van der Waals surface area contributed by atoms with Gasteiger partial charge in [0.1, 0.15) is 11.5 Å². The lowest BCUT2D eigenvalue weighted by Crippen LogP contribution is -2.45. The predicted molar refractivity (Wildman–Crippen MR) is 92.7 cm³/mol.